The van der Waals surface area contributed by atoms with Crippen LogP contribution < -0.4 is 10.6 Å². The monoisotopic (exact) mass is 579 g/mol. The van der Waals surface area contributed by atoms with Gasteiger partial charge in [0, 0.05) is 51.3 Å². The molecule has 5 nitrogen and oxygen atoms in total. The molecule has 2 N–H and O–H groups in total. The SMILES string of the molecule is CC(C)(C)OC(=O)NCCn1c2ccc(Cl)cc2c2ccc(Nc3ccccc3)c(-c3ccc(Cl)c(Cl)c3)c21. The van der Waals surface area contributed by atoms with E-state index in [1.54, 1.807) is 6.07 Å². The van der Waals surface area contributed by atoms with Gasteiger partial charge >= 0.3 is 6.09 Å². The first-order valence-corrected chi connectivity index (χ1v) is 13.7. The molecule has 1 aromatic heterocycles. The Bertz CT molecular complexity index is 1670. The number of hydrogen-bond acceptors (Lipinski definition) is 3. The second-order valence-electron chi connectivity index (χ2n) is 10.2. The predicted molar refractivity (Wildman–Crippen MR) is 164 cm³/mol. The third-order valence-electron chi connectivity index (χ3n) is 6.25. The van der Waals surface area contributed by atoms with Gasteiger partial charge in [-0.3, -0.25) is 0 Å². The third kappa shape index (κ3) is 5.96. The molecule has 0 saturated carbocycles. The van der Waals surface area contributed by atoms with E-state index in [9.17, 15) is 4.79 Å². The van der Waals surface area contributed by atoms with Crippen LogP contribution in [0.4, 0.5) is 16.2 Å². The van der Waals surface area contributed by atoms with Crippen LogP contribution in [0.2, 0.25) is 15.1 Å². The van der Waals surface area contributed by atoms with Crippen molar-refractivity contribution in [3.8, 4) is 11.1 Å². The van der Waals surface area contributed by atoms with Crippen LogP contribution in [-0.4, -0.2) is 22.8 Å². The van der Waals surface area contributed by atoms with Crippen LogP contribution in [-0.2, 0) is 11.3 Å². The number of anilines is 2. The summed E-state index contributed by atoms with van der Waals surface area (Å²) in [7, 11) is 0. The highest BCUT2D eigenvalue weighted by Gasteiger charge is 2.21. The molecule has 200 valence electrons. The summed E-state index contributed by atoms with van der Waals surface area (Å²) in [6, 6.07) is 25.7. The number of ether oxygens (including phenoxy) is 1. The second kappa shape index (κ2) is 11.0. The van der Waals surface area contributed by atoms with Gasteiger partial charge in [0.05, 0.1) is 15.6 Å². The van der Waals surface area contributed by atoms with Crippen LogP contribution in [0.3, 0.4) is 0 Å². The number of benzene rings is 4. The van der Waals surface area contributed by atoms with E-state index in [-0.39, 0.29) is 0 Å². The molecule has 0 spiro atoms. The molecule has 39 heavy (non-hydrogen) atoms. The van der Waals surface area contributed by atoms with Gasteiger partial charge in [-0.15, -0.1) is 0 Å². The molecule has 0 unspecified atom stereocenters. The minimum Gasteiger partial charge on any atom is -0.444 e. The van der Waals surface area contributed by atoms with Crippen LogP contribution in [0.25, 0.3) is 32.9 Å². The highest BCUT2D eigenvalue weighted by molar-refractivity contribution is 6.42. The Morgan fingerprint density at radius 2 is 1.64 bits per heavy atom. The molecule has 1 heterocycles. The van der Waals surface area contributed by atoms with Crippen molar-refractivity contribution in [2.75, 3.05) is 11.9 Å². The Morgan fingerprint density at radius 1 is 0.872 bits per heavy atom. The van der Waals surface area contributed by atoms with Gasteiger partial charge in [-0.25, -0.2) is 4.79 Å². The Balaban J connectivity index is 1.70. The zero-order valence-corrected chi connectivity index (χ0v) is 24.1. The molecule has 0 fully saturated rings. The second-order valence-corrected chi connectivity index (χ2v) is 11.5. The van der Waals surface area contributed by atoms with Gasteiger partial charge in [-0.2, -0.15) is 0 Å². The summed E-state index contributed by atoms with van der Waals surface area (Å²) in [5, 5.41) is 10.1. The Morgan fingerprint density at radius 3 is 2.36 bits per heavy atom. The van der Waals surface area contributed by atoms with Crippen LogP contribution in [0, 0.1) is 0 Å². The van der Waals surface area contributed by atoms with E-state index >= 15 is 0 Å². The van der Waals surface area contributed by atoms with Crippen molar-refractivity contribution in [3.05, 3.63) is 93.9 Å². The molecule has 8 heteroatoms. The van der Waals surface area contributed by atoms with Gasteiger partial charge < -0.3 is 19.9 Å². The molecule has 0 aliphatic rings. The lowest BCUT2D eigenvalue weighted by Crippen LogP contribution is -2.34. The number of fused-ring (bicyclic) bond motifs is 3. The number of nitrogens with one attached hydrogen (secondary N) is 2. The number of aromatic nitrogens is 1. The Labute approximate surface area is 242 Å². The first kappa shape index (κ1) is 27.2. The summed E-state index contributed by atoms with van der Waals surface area (Å²) >= 11 is 19.2. The van der Waals surface area contributed by atoms with E-state index in [4.69, 9.17) is 39.5 Å². The van der Waals surface area contributed by atoms with Gasteiger partial charge in [-0.1, -0.05) is 65.1 Å². The molecular formula is C31H28Cl3N3O2. The average molecular weight is 581 g/mol. The molecule has 5 rings (SSSR count). The molecule has 0 atom stereocenters. The lowest BCUT2D eigenvalue weighted by molar-refractivity contribution is 0.0526. The number of rotatable bonds is 6. The maximum atomic E-state index is 12.4. The summed E-state index contributed by atoms with van der Waals surface area (Å²) in [6.45, 7) is 6.40. The topological polar surface area (TPSA) is 55.3 Å². The fourth-order valence-corrected chi connectivity index (χ4v) is 5.18. The largest absolute Gasteiger partial charge is 0.444 e. The normalized spacial score (nSPS) is 11.6. The van der Waals surface area contributed by atoms with Crippen molar-refractivity contribution in [3.63, 3.8) is 0 Å². The van der Waals surface area contributed by atoms with E-state index in [2.05, 4.69) is 27.3 Å². The van der Waals surface area contributed by atoms with Gasteiger partial charge in [0.15, 0.2) is 0 Å². The van der Waals surface area contributed by atoms with Crippen molar-refractivity contribution in [1.29, 1.82) is 0 Å². The zero-order chi connectivity index (χ0) is 27.7. The minimum atomic E-state index is -0.577. The molecule has 5 aromatic rings. The summed E-state index contributed by atoms with van der Waals surface area (Å²) in [6.07, 6.45) is -0.456. The number of carbonyl (C=O) groups is 1. The number of carbonyl (C=O) groups excluding carboxylic acids is 1. The first-order chi connectivity index (χ1) is 18.6. The fraction of sp³-hybridized carbons (Fsp3) is 0.194. The number of nitrogens with zero attached hydrogens (tertiary/aromatic N) is 1. The van der Waals surface area contributed by atoms with E-state index in [1.165, 1.54) is 0 Å². The van der Waals surface area contributed by atoms with Crippen LogP contribution in [0.1, 0.15) is 20.8 Å². The molecule has 0 bridgehead atoms. The van der Waals surface area contributed by atoms with Gasteiger partial charge in [0.25, 0.3) is 0 Å². The lowest BCUT2D eigenvalue weighted by Gasteiger charge is -2.20. The quantitative estimate of drug-likeness (QED) is 0.210. The van der Waals surface area contributed by atoms with Gasteiger partial charge in [-0.05, 0) is 74.9 Å². The first-order valence-electron chi connectivity index (χ1n) is 12.6. The van der Waals surface area contributed by atoms with E-state index in [1.807, 2.05) is 81.4 Å². The highest BCUT2D eigenvalue weighted by Crippen LogP contribution is 2.43. The van der Waals surface area contributed by atoms with E-state index in [0.717, 1.165) is 44.3 Å². The molecule has 0 saturated heterocycles. The molecule has 1 amide bonds. The average Bonchev–Trinajstić information content (AvgIpc) is 3.18. The molecule has 0 radical (unpaired) electrons. The van der Waals surface area contributed by atoms with Gasteiger partial charge in [0.1, 0.15) is 5.60 Å². The minimum absolute atomic E-state index is 0.369. The van der Waals surface area contributed by atoms with Crippen molar-refractivity contribution < 1.29 is 9.53 Å². The number of alkyl carbamates (subject to hydrolysis) is 1. The molecule has 0 aliphatic carbocycles. The van der Waals surface area contributed by atoms with E-state index < -0.39 is 11.7 Å². The number of halogens is 3. The Kier molecular flexibility index (Phi) is 7.68. The number of amides is 1. The van der Waals surface area contributed by atoms with Crippen LogP contribution >= 0.6 is 34.8 Å². The van der Waals surface area contributed by atoms with Crippen molar-refractivity contribution >= 4 is 74.1 Å². The molecular weight excluding hydrogens is 553 g/mol. The van der Waals surface area contributed by atoms with Crippen molar-refractivity contribution in [2.24, 2.45) is 0 Å². The van der Waals surface area contributed by atoms with E-state index in [0.29, 0.717) is 28.2 Å². The fourth-order valence-electron chi connectivity index (χ4n) is 4.71. The smallest absolute Gasteiger partial charge is 0.407 e. The zero-order valence-electron chi connectivity index (χ0n) is 21.8. The van der Waals surface area contributed by atoms with Crippen LogP contribution in [0.5, 0.6) is 0 Å². The summed E-state index contributed by atoms with van der Waals surface area (Å²) in [4.78, 5) is 12.4. The molecule has 4 aromatic carbocycles. The summed E-state index contributed by atoms with van der Waals surface area (Å²) < 4.78 is 7.64. The summed E-state index contributed by atoms with van der Waals surface area (Å²) in [5.41, 5.74) is 5.13. The molecule has 0 aliphatic heterocycles. The number of para-hydroxylation sites is 1. The third-order valence-corrected chi connectivity index (χ3v) is 7.23. The van der Waals surface area contributed by atoms with Gasteiger partial charge in [0.2, 0.25) is 0 Å². The summed E-state index contributed by atoms with van der Waals surface area (Å²) in [5.74, 6) is 0. The predicted octanol–water partition coefficient (Wildman–Crippen LogP) is 9.69. The number of hydrogen-bond donors (Lipinski definition) is 2. The Hall–Kier alpha value is -3.38. The lowest BCUT2D eigenvalue weighted by atomic mass is 9.99. The maximum absolute atomic E-state index is 12.4. The highest BCUT2D eigenvalue weighted by atomic mass is 35.5. The van der Waals surface area contributed by atoms with Crippen LogP contribution in [0.15, 0.2) is 78.9 Å². The van der Waals surface area contributed by atoms with Crippen molar-refractivity contribution in [2.45, 2.75) is 32.9 Å². The maximum Gasteiger partial charge on any atom is 0.407 e. The standard InChI is InChI=1S/C31H28Cl3N3O2/c1-31(2,3)39-30(38)35-15-16-37-27-14-10-20(32)18-23(27)22-11-13-26(36-21-7-5-4-6-8-21)28(29(22)37)19-9-12-24(33)25(34)17-19/h4-14,17-18,36H,15-16H2,1-3H3,(H,35,38). The van der Waals surface area contributed by atoms with Crippen molar-refractivity contribution in [1.82, 2.24) is 9.88 Å².